The van der Waals surface area contributed by atoms with Crippen LogP contribution in [0.4, 0.5) is 5.82 Å². The van der Waals surface area contributed by atoms with Gasteiger partial charge in [-0.1, -0.05) is 0 Å². The van der Waals surface area contributed by atoms with Crippen LogP contribution in [0.5, 0.6) is 0 Å². The van der Waals surface area contributed by atoms with Gasteiger partial charge in [0.1, 0.15) is 0 Å². The van der Waals surface area contributed by atoms with Gasteiger partial charge in [-0.05, 0) is 39.1 Å². The van der Waals surface area contributed by atoms with Gasteiger partial charge in [0.15, 0.2) is 5.82 Å². The average Bonchev–Trinajstić information content (AvgIpc) is 2.39. The van der Waals surface area contributed by atoms with E-state index in [1.165, 1.54) is 0 Å². The van der Waals surface area contributed by atoms with Crippen molar-refractivity contribution in [2.75, 3.05) is 32.1 Å². The number of rotatable bonds is 3. The first-order valence-electron chi connectivity index (χ1n) is 6.05. The van der Waals surface area contributed by atoms with E-state index in [0.29, 0.717) is 11.7 Å². The van der Waals surface area contributed by atoms with E-state index in [1.54, 1.807) is 0 Å². The minimum atomic E-state index is -0.0457. The number of aromatic nitrogens is 2. The molecule has 1 aliphatic rings. The Hall–Kier alpha value is -1.20. The Labute approximate surface area is 102 Å². The van der Waals surface area contributed by atoms with Crippen molar-refractivity contribution < 1.29 is 5.11 Å². The summed E-state index contributed by atoms with van der Waals surface area (Å²) in [5.74, 6) is 0.916. The van der Waals surface area contributed by atoms with Crippen LogP contribution < -0.4 is 4.90 Å². The van der Waals surface area contributed by atoms with Crippen LogP contribution >= 0.6 is 0 Å². The molecule has 0 spiro atoms. The number of hydrogen-bond acceptors (Lipinski definition) is 5. The maximum atomic E-state index is 8.91. The maximum Gasteiger partial charge on any atom is 0.151 e. The van der Waals surface area contributed by atoms with Gasteiger partial charge in [0.05, 0.1) is 12.3 Å². The number of anilines is 1. The van der Waals surface area contributed by atoms with Gasteiger partial charge in [-0.2, -0.15) is 5.10 Å². The Morgan fingerprint density at radius 1 is 1.29 bits per heavy atom. The number of nitrogens with zero attached hydrogens (tertiary/aromatic N) is 4. The fraction of sp³-hybridized carbons (Fsp3) is 0.667. The van der Waals surface area contributed by atoms with Crippen molar-refractivity contribution in [3.8, 4) is 0 Å². The third kappa shape index (κ3) is 2.92. The molecule has 1 fully saturated rings. The smallest absolute Gasteiger partial charge is 0.151 e. The fourth-order valence-electron chi connectivity index (χ4n) is 2.22. The molecule has 0 radical (unpaired) electrons. The predicted octanol–water partition coefficient (Wildman–Crippen LogP) is 0.499. The lowest BCUT2D eigenvalue weighted by Crippen LogP contribution is -2.42. The van der Waals surface area contributed by atoms with E-state index >= 15 is 0 Å². The van der Waals surface area contributed by atoms with E-state index in [0.717, 1.165) is 31.7 Å². The van der Waals surface area contributed by atoms with Crippen molar-refractivity contribution >= 4 is 5.82 Å². The van der Waals surface area contributed by atoms with Gasteiger partial charge in [0, 0.05) is 19.1 Å². The molecular weight excluding hydrogens is 216 g/mol. The molecule has 1 N–H and O–H groups in total. The van der Waals surface area contributed by atoms with Gasteiger partial charge in [0.25, 0.3) is 0 Å². The van der Waals surface area contributed by atoms with Gasteiger partial charge >= 0.3 is 0 Å². The lowest BCUT2D eigenvalue weighted by atomic mass is 10.0. The fourth-order valence-corrected chi connectivity index (χ4v) is 2.22. The SMILES string of the molecule is CN(C)C1CCN(c2ccc(CO)nn2)CC1. The van der Waals surface area contributed by atoms with Crippen molar-refractivity contribution in [1.82, 2.24) is 15.1 Å². The minimum absolute atomic E-state index is 0.0457. The third-order valence-corrected chi connectivity index (χ3v) is 3.39. The van der Waals surface area contributed by atoms with Crippen molar-refractivity contribution in [2.24, 2.45) is 0 Å². The molecule has 94 valence electrons. The van der Waals surface area contributed by atoms with Crippen molar-refractivity contribution in [3.05, 3.63) is 17.8 Å². The number of aliphatic hydroxyl groups is 1. The monoisotopic (exact) mass is 236 g/mol. The van der Waals surface area contributed by atoms with E-state index in [1.807, 2.05) is 12.1 Å². The Kier molecular flexibility index (Phi) is 3.91. The van der Waals surface area contributed by atoms with E-state index < -0.39 is 0 Å². The maximum absolute atomic E-state index is 8.91. The van der Waals surface area contributed by atoms with Gasteiger partial charge in [-0.3, -0.25) is 0 Å². The van der Waals surface area contributed by atoms with Crippen LogP contribution in [-0.4, -0.2) is 53.4 Å². The number of aliphatic hydroxyl groups excluding tert-OH is 1. The molecule has 1 aromatic heterocycles. The lowest BCUT2D eigenvalue weighted by Gasteiger charge is -2.35. The molecule has 5 nitrogen and oxygen atoms in total. The second-order valence-corrected chi connectivity index (χ2v) is 4.72. The number of piperidine rings is 1. The van der Waals surface area contributed by atoms with Gasteiger partial charge in [-0.15, -0.1) is 5.10 Å². The normalized spacial score (nSPS) is 17.8. The predicted molar refractivity (Wildman–Crippen MR) is 66.9 cm³/mol. The molecule has 1 saturated heterocycles. The molecule has 17 heavy (non-hydrogen) atoms. The molecule has 0 aliphatic carbocycles. The molecule has 5 heteroatoms. The topological polar surface area (TPSA) is 52.5 Å². The quantitative estimate of drug-likeness (QED) is 0.828. The standard InChI is InChI=1S/C12H20N4O/c1-15(2)11-5-7-16(8-6-11)12-4-3-10(9-17)13-14-12/h3-4,11,17H,5-9H2,1-2H3. The molecular formula is C12H20N4O. The highest BCUT2D eigenvalue weighted by atomic mass is 16.3. The van der Waals surface area contributed by atoms with Crippen LogP contribution in [0.2, 0.25) is 0 Å². The van der Waals surface area contributed by atoms with Crippen LogP contribution in [0.25, 0.3) is 0 Å². The Balaban J connectivity index is 1.95. The Bertz CT molecular complexity index is 344. The molecule has 0 aromatic carbocycles. The highest BCUT2D eigenvalue weighted by Gasteiger charge is 2.21. The second-order valence-electron chi connectivity index (χ2n) is 4.72. The van der Waals surface area contributed by atoms with E-state index in [9.17, 15) is 0 Å². The van der Waals surface area contributed by atoms with Crippen LogP contribution in [0, 0.1) is 0 Å². The second kappa shape index (κ2) is 5.42. The summed E-state index contributed by atoms with van der Waals surface area (Å²) in [5.41, 5.74) is 0.622. The molecule has 0 bridgehead atoms. The molecule has 0 atom stereocenters. The van der Waals surface area contributed by atoms with Gasteiger partial charge in [0.2, 0.25) is 0 Å². The van der Waals surface area contributed by atoms with E-state index in [-0.39, 0.29) is 6.61 Å². The first-order valence-corrected chi connectivity index (χ1v) is 6.05. The van der Waals surface area contributed by atoms with Crippen LogP contribution in [0.15, 0.2) is 12.1 Å². The zero-order valence-corrected chi connectivity index (χ0v) is 10.5. The third-order valence-electron chi connectivity index (χ3n) is 3.39. The zero-order valence-electron chi connectivity index (χ0n) is 10.5. The average molecular weight is 236 g/mol. The molecule has 1 aromatic rings. The lowest BCUT2D eigenvalue weighted by molar-refractivity contribution is 0.249. The molecule has 0 amide bonds. The minimum Gasteiger partial charge on any atom is -0.390 e. The molecule has 0 saturated carbocycles. The summed E-state index contributed by atoms with van der Waals surface area (Å²) in [5, 5.41) is 17.0. The van der Waals surface area contributed by atoms with Crippen molar-refractivity contribution in [3.63, 3.8) is 0 Å². The molecule has 2 rings (SSSR count). The largest absolute Gasteiger partial charge is 0.390 e. The summed E-state index contributed by atoms with van der Waals surface area (Å²) in [6.07, 6.45) is 2.33. The van der Waals surface area contributed by atoms with Crippen molar-refractivity contribution in [2.45, 2.75) is 25.5 Å². The van der Waals surface area contributed by atoms with Crippen LogP contribution in [-0.2, 0) is 6.61 Å². The Morgan fingerprint density at radius 3 is 2.47 bits per heavy atom. The molecule has 2 heterocycles. The van der Waals surface area contributed by atoms with E-state index in [4.69, 9.17) is 5.11 Å². The van der Waals surface area contributed by atoms with Crippen LogP contribution in [0.1, 0.15) is 18.5 Å². The number of hydrogen-bond donors (Lipinski definition) is 1. The highest BCUT2D eigenvalue weighted by molar-refractivity contribution is 5.37. The van der Waals surface area contributed by atoms with Gasteiger partial charge in [-0.25, -0.2) is 0 Å². The first-order chi connectivity index (χ1) is 8.20. The zero-order chi connectivity index (χ0) is 12.3. The highest BCUT2D eigenvalue weighted by Crippen LogP contribution is 2.19. The van der Waals surface area contributed by atoms with Crippen LogP contribution in [0.3, 0.4) is 0 Å². The summed E-state index contributed by atoms with van der Waals surface area (Å²) >= 11 is 0. The summed E-state index contributed by atoms with van der Waals surface area (Å²) in [4.78, 5) is 4.55. The summed E-state index contributed by atoms with van der Waals surface area (Å²) in [6.45, 7) is 2.00. The van der Waals surface area contributed by atoms with Gasteiger partial charge < -0.3 is 14.9 Å². The van der Waals surface area contributed by atoms with Crippen molar-refractivity contribution in [1.29, 1.82) is 0 Å². The summed E-state index contributed by atoms with van der Waals surface area (Å²) in [6, 6.07) is 4.45. The summed E-state index contributed by atoms with van der Waals surface area (Å²) in [7, 11) is 4.27. The van der Waals surface area contributed by atoms with E-state index in [2.05, 4.69) is 34.1 Å². The summed E-state index contributed by atoms with van der Waals surface area (Å²) < 4.78 is 0. The molecule has 1 aliphatic heterocycles. The molecule has 0 unspecified atom stereocenters. The Morgan fingerprint density at radius 2 is 2.00 bits per heavy atom. The first kappa shape index (κ1) is 12.3.